The normalized spacial score (nSPS) is 14.8. The van der Waals surface area contributed by atoms with Crippen molar-refractivity contribution in [2.75, 3.05) is 36.0 Å². The number of fused-ring (bicyclic) bond motifs is 2. The van der Waals surface area contributed by atoms with Gasteiger partial charge >= 0.3 is 41.6 Å². The first-order chi connectivity index (χ1) is 33.9. The second kappa shape index (κ2) is 24.8. The third kappa shape index (κ3) is 13.1. The molecule has 0 saturated carbocycles. The van der Waals surface area contributed by atoms with E-state index in [9.17, 15) is 28.8 Å². The van der Waals surface area contributed by atoms with Crippen LogP contribution in [0.15, 0.2) is 146 Å². The van der Waals surface area contributed by atoms with Gasteiger partial charge in [0.2, 0.25) is 0 Å². The summed E-state index contributed by atoms with van der Waals surface area (Å²) in [5, 5.41) is 3.56. The van der Waals surface area contributed by atoms with Gasteiger partial charge in [0.1, 0.15) is 0 Å². The fourth-order valence-corrected chi connectivity index (χ4v) is 9.18. The maximum Gasteiger partial charge on any atom is 1.00 e. The maximum absolute atomic E-state index is 13.0. The Morgan fingerprint density at radius 2 is 0.770 bits per heavy atom. The summed E-state index contributed by atoms with van der Waals surface area (Å²) in [6, 6.07) is 45.5. The molecule has 0 spiro atoms. The minimum atomic E-state index is -0.306. The van der Waals surface area contributed by atoms with Crippen LogP contribution in [0.4, 0.5) is 21.0 Å². The number of nitrogens with one attached hydrogen (secondary N) is 1. The van der Waals surface area contributed by atoms with E-state index >= 15 is 0 Å². The Hall–Kier alpha value is -6.32. The number of anilines is 2. The molecule has 0 unspecified atom stereocenters. The van der Waals surface area contributed by atoms with Crippen LogP contribution in [-0.2, 0) is 35.8 Å². The fourth-order valence-electron chi connectivity index (χ4n) is 8.80. The molecule has 2 fully saturated rings. The Morgan fingerprint density at radius 3 is 1.07 bits per heavy atom. The molecule has 4 aliphatic heterocycles. The fraction of sp³-hybridized carbons (Fsp3) is 0.288. The molecule has 2 saturated heterocycles. The molecule has 4 heterocycles. The van der Waals surface area contributed by atoms with E-state index in [1.165, 1.54) is 26.5 Å². The number of amides is 8. The van der Waals surface area contributed by atoms with Gasteiger partial charge in [0.15, 0.2) is 0 Å². The van der Waals surface area contributed by atoms with Crippen LogP contribution in [-0.4, -0.2) is 85.0 Å². The van der Waals surface area contributed by atoms with Gasteiger partial charge in [-0.25, -0.2) is 19.4 Å². The number of rotatable bonds is 9. The first-order valence-electron chi connectivity index (χ1n) is 23.9. The summed E-state index contributed by atoms with van der Waals surface area (Å²) < 4.78 is 0. The first-order valence-corrected chi connectivity index (χ1v) is 25.0. The molecule has 8 amide bonds. The zero-order valence-corrected chi connectivity index (χ0v) is 46.2. The van der Waals surface area contributed by atoms with Crippen molar-refractivity contribution in [3.8, 4) is 0 Å². The number of nitrogens with zero attached hydrogens (tertiary/aromatic N) is 5. The van der Waals surface area contributed by atoms with Crippen molar-refractivity contribution in [1.29, 1.82) is 0 Å². The molecule has 15 heteroatoms. The summed E-state index contributed by atoms with van der Waals surface area (Å²) in [6.07, 6.45) is 0. The van der Waals surface area contributed by atoms with Crippen molar-refractivity contribution in [3.05, 3.63) is 201 Å². The van der Waals surface area contributed by atoms with Crippen molar-refractivity contribution in [3.63, 3.8) is 0 Å². The second-order valence-electron chi connectivity index (χ2n) is 20.1. The van der Waals surface area contributed by atoms with Crippen LogP contribution < -0.4 is 44.7 Å². The van der Waals surface area contributed by atoms with Gasteiger partial charge < -0.3 is 21.4 Å². The molecule has 10 rings (SSSR count). The molecule has 0 aromatic heterocycles. The van der Waals surface area contributed by atoms with Crippen molar-refractivity contribution in [1.82, 2.24) is 20.0 Å². The Bertz CT molecular complexity index is 2910. The third-order valence-electron chi connectivity index (χ3n) is 13.0. The molecular formula is C59H64BBrN6NaO6. The average Bonchev–Trinajstić information content (AvgIpc) is 4.08. The van der Waals surface area contributed by atoms with Gasteiger partial charge in [0.25, 0.3) is 23.6 Å². The van der Waals surface area contributed by atoms with Gasteiger partial charge in [0.05, 0.1) is 33.6 Å². The van der Waals surface area contributed by atoms with Crippen molar-refractivity contribution >= 4 is 71.4 Å². The largest absolute Gasteiger partial charge is 1.00 e. The minimum Gasteiger partial charge on any atom is -1.00 e. The van der Waals surface area contributed by atoms with Gasteiger partial charge in [-0.3, -0.25) is 19.2 Å². The van der Waals surface area contributed by atoms with Crippen LogP contribution in [0.2, 0.25) is 0 Å². The van der Waals surface area contributed by atoms with Crippen LogP contribution in [0.1, 0.15) is 125 Å². The summed E-state index contributed by atoms with van der Waals surface area (Å²) in [6.45, 7) is 17.9. The molecule has 0 atom stereocenters. The van der Waals surface area contributed by atoms with E-state index in [1.54, 1.807) is 72.8 Å². The average molecular weight is 1070 g/mol. The predicted molar refractivity (Wildman–Crippen MR) is 295 cm³/mol. The van der Waals surface area contributed by atoms with Gasteiger partial charge in [-0.05, 0) is 92.7 Å². The van der Waals surface area contributed by atoms with Crippen molar-refractivity contribution in [2.45, 2.75) is 84.8 Å². The van der Waals surface area contributed by atoms with Gasteiger partial charge in [-0.2, -0.15) is 0 Å². The number of carbonyl (C=O) groups is 6. The number of halogens is 1. The Balaban J connectivity index is 0.000000259. The first kappa shape index (κ1) is 58.6. The van der Waals surface area contributed by atoms with Crippen LogP contribution in [0.25, 0.3) is 0 Å². The zero-order valence-electron chi connectivity index (χ0n) is 43.7. The molecule has 0 bridgehead atoms. The van der Waals surface area contributed by atoms with Crippen molar-refractivity contribution in [2.24, 2.45) is 0 Å². The number of hydrogen-bond acceptors (Lipinski definition) is 6. The molecule has 12 nitrogen and oxygen atoms in total. The van der Waals surface area contributed by atoms with Gasteiger partial charge in [-0.15, -0.1) is 0 Å². The maximum atomic E-state index is 13.0. The number of carbonyl (C=O) groups excluding carboxylic acids is 6. The second-order valence-corrected chi connectivity index (χ2v) is 20.7. The number of hydrogen-bond donors (Lipinski definition) is 1. The van der Waals surface area contributed by atoms with Crippen LogP contribution in [0, 0.1) is 0 Å². The topological polar surface area (TPSA) is 131 Å². The van der Waals surface area contributed by atoms with E-state index in [-0.39, 0.29) is 93.3 Å². The predicted octanol–water partition coefficient (Wildman–Crippen LogP) is 8.49. The molecule has 0 aliphatic carbocycles. The number of alkyl halides is 1. The van der Waals surface area contributed by atoms with E-state index in [4.69, 9.17) is 0 Å². The zero-order chi connectivity index (χ0) is 50.6. The van der Waals surface area contributed by atoms with Crippen molar-refractivity contribution < 1.29 is 59.8 Å². The van der Waals surface area contributed by atoms with E-state index in [0.29, 0.717) is 66.4 Å². The molecular weight excluding hydrogens is 1000 g/mol. The molecule has 6 aromatic rings. The van der Waals surface area contributed by atoms with Crippen LogP contribution in [0.5, 0.6) is 0 Å². The van der Waals surface area contributed by atoms with Gasteiger partial charge in [0, 0.05) is 59.6 Å². The molecule has 4 aliphatic rings. The van der Waals surface area contributed by atoms with E-state index < -0.39 is 0 Å². The molecule has 6 aromatic carbocycles. The Kier molecular flexibility index (Phi) is 19.6. The summed E-state index contributed by atoms with van der Waals surface area (Å²) in [7, 11) is 0. The number of urea groups is 2. The monoisotopic (exact) mass is 1070 g/mol. The van der Waals surface area contributed by atoms with Gasteiger partial charge in [-0.1, -0.05) is 162 Å². The summed E-state index contributed by atoms with van der Waals surface area (Å²) in [5.74, 6) is -1.13. The van der Waals surface area contributed by atoms with E-state index in [0.717, 1.165) is 35.1 Å². The Labute approximate surface area is 470 Å². The summed E-state index contributed by atoms with van der Waals surface area (Å²) in [5.41, 5.74) is 10.2. The summed E-state index contributed by atoms with van der Waals surface area (Å²) in [4.78, 5) is 82.3. The standard InChI is InChI=1S/C29H29N3O3.C15H10BrNO2.C14H20N2O.CH4.B.Na.H/c1-29(2,3)22-12-8-20(9-13-22)18-30-16-17-31(28(30)35)19-21-10-14-23(15-11-21)32-26(33)24-6-4-5-7-25(24)27(32)34;16-9-10-5-7-11(8-6-10)17-14(18)12-3-1-2-4-13(12)15(17)19;1-14(2,3)12-6-4-11(5-7-12)10-16-9-8-15-13(16)17;;;;/h4-15H,16-19H2,1-3H3;1-8H,9H2;4-7H,8-10H2,1-3H3,(H,15,17);1H4;;;/q;;;;;+1;-1. The van der Waals surface area contributed by atoms with E-state index in [1.807, 2.05) is 39.0 Å². The molecule has 74 heavy (non-hydrogen) atoms. The third-order valence-corrected chi connectivity index (χ3v) is 13.7. The minimum absolute atomic E-state index is 0. The molecule has 1 N–H and O–H groups in total. The molecule has 377 valence electrons. The van der Waals surface area contributed by atoms with Crippen LogP contribution >= 0.6 is 15.9 Å². The summed E-state index contributed by atoms with van der Waals surface area (Å²) >= 11 is 3.37. The quantitative estimate of drug-likeness (QED) is 0.0879. The Morgan fingerprint density at radius 1 is 0.459 bits per heavy atom. The smallest absolute Gasteiger partial charge is 1.00 e. The number of benzene rings is 6. The van der Waals surface area contributed by atoms with E-state index in [2.05, 4.69) is 111 Å². The molecule has 3 radical (unpaired) electrons. The van der Waals surface area contributed by atoms with Crippen LogP contribution in [0.3, 0.4) is 0 Å². The SMILES string of the molecule is C.CC(C)(C)c1ccc(CN2CCN(Cc3ccc(N4C(=O)c5ccccc5C4=O)cc3)C2=O)cc1.CC(C)(C)c1ccc(CN2CCNC2=O)cc1.O=C1c2ccccc2C(=O)N1c1ccc(CBr)cc1.[B].[H-].[Na+]. The number of imide groups is 2.